The number of benzene rings is 2. The van der Waals surface area contributed by atoms with E-state index >= 15 is 0 Å². The number of rotatable bonds is 7. The average molecular weight is 339 g/mol. The van der Waals surface area contributed by atoms with Gasteiger partial charge in [-0.25, -0.2) is 0 Å². The van der Waals surface area contributed by atoms with Crippen LogP contribution in [0, 0.1) is 0 Å². The molecule has 0 saturated carbocycles. The Labute approximate surface area is 149 Å². The number of hydrogen-bond donors (Lipinski definition) is 0. The molecule has 0 spiro atoms. The number of likely N-dealkylation sites (N-methyl/N-ethyl adjacent to an activating group) is 1. The fourth-order valence-electron chi connectivity index (χ4n) is 3.28. The van der Waals surface area contributed by atoms with Crippen LogP contribution in [-0.2, 0) is 9.53 Å². The molecule has 25 heavy (non-hydrogen) atoms. The minimum absolute atomic E-state index is 0.0258. The first kappa shape index (κ1) is 17.5. The number of ether oxygens (including phenoxy) is 2. The van der Waals surface area contributed by atoms with E-state index < -0.39 is 0 Å². The van der Waals surface area contributed by atoms with E-state index in [1.54, 1.807) is 0 Å². The Morgan fingerprint density at radius 2 is 1.56 bits per heavy atom. The third kappa shape index (κ3) is 4.02. The van der Waals surface area contributed by atoms with Crippen LogP contribution in [0.2, 0.25) is 0 Å². The summed E-state index contributed by atoms with van der Waals surface area (Å²) in [6, 6.07) is 15.8. The summed E-state index contributed by atoms with van der Waals surface area (Å²) in [6.45, 7) is 7.37. The summed E-state index contributed by atoms with van der Waals surface area (Å²) in [7, 11) is 0. The zero-order valence-electron chi connectivity index (χ0n) is 14.9. The molecule has 0 fully saturated rings. The van der Waals surface area contributed by atoms with Crippen LogP contribution in [0.5, 0.6) is 11.5 Å². The van der Waals surface area contributed by atoms with Crippen molar-refractivity contribution in [2.75, 3.05) is 26.2 Å². The van der Waals surface area contributed by atoms with Crippen molar-refractivity contribution in [3.05, 3.63) is 59.7 Å². The van der Waals surface area contributed by atoms with Gasteiger partial charge in [0.25, 0.3) is 0 Å². The van der Waals surface area contributed by atoms with E-state index in [0.717, 1.165) is 42.3 Å². The van der Waals surface area contributed by atoms with Gasteiger partial charge in [0.15, 0.2) is 0 Å². The molecule has 4 heteroatoms. The molecule has 3 rings (SSSR count). The molecule has 1 aliphatic rings. The van der Waals surface area contributed by atoms with Crippen LogP contribution in [0.25, 0.3) is 0 Å². The monoisotopic (exact) mass is 339 g/mol. The molecule has 4 nitrogen and oxygen atoms in total. The predicted molar refractivity (Wildman–Crippen MR) is 98.2 cm³/mol. The van der Waals surface area contributed by atoms with E-state index in [1.807, 2.05) is 48.5 Å². The zero-order chi connectivity index (χ0) is 17.6. The molecule has 0 atom stereocenters. The van der Waals surface area contributed by atoms with Gasteiger partial charge in [-0.15, -0.1) is 0 Å². The Balaban J connectivity index is 1.70. The standard InChI is InChI=1S/C21H25NO3/c1-3-22(4-2)13-14-24-21(23)15-18-16-9-5-7-11-19(16)25-20-12-8-6-10-17(18)20/h5-12,18H,3-4,13-15H2,1-2H3. The quantitative estimate of drug-likeness (QED) is 0.709. The van der Waals surface area contributed by atoms with E-state index in [-0.39, 0.29) is 11.9 Å². The molecule has 2 aromatic carbocycles. The highest BCUT2D eigenvalue weighted by molar-refractivity contribution is 5.72. The number of esters is 1. The van der Waals surface area contributed by atoms with Gasteiger partial charge in [-0.2, -0.15) is 0 Å². The van der Waals surface area contributed by atoms with Crippen molar-refractivity contribution in [3.8, 4) is 11.5 Å². The molecule has 0 saturated heterocycles. The van der Waals surface area contributed by atoms with Crippen molar-refractivity contribution in [3.63, 3.8) is 0 Å². The van der Waals surface area contributed by atoms with E-state index in [0.29, 0.717) is 13.0 Å². The summed E-state index contributed by atoms with van der Waals surface area (Å²) >= 11 is 0. The van der Waals surface area contributed by atoms with Crippen molar-refractivity contribution in [1.82, 2.24) is 4.90 Å². The van der Waals surface area contributed by atoms with Crippen molar-refractivity contribution in [1.29, 1.82) is 0 Å². The first-order valence-corrected chi connectivity index (χ1v) is 8.96. The first-order chi connectivity index (χ1) is 12.2. The van der Waals surface area contributed by atoms with Gasteiger partial charge >= 0.3 is 5.97 Å². The van der Waals surface area contributed by atoms with Gasteiger partial charge in [0.1, 0.15) is 18.1 Å². The summed E-state index contributed by atoms with van der Waals surface area (Å²) in [5, 5.41) is 0. The van der Waals surface area contributed by atoms with E-state index in [2.05, 4.69) is 18.7 Å². The van der Waals surface area contributed by atoms with Crippen LogP contribution in [0.3, 0.4) is 0 Å². The smallest absolute Gasteiger partial charge is 0.306 e. The molecule has 132 valence electrons. The van der Waals surface area contributed by atoms with Crippen LogP contribution in [0.1, 0.15) is 37.3 Å². The van der Waals surface area contributed by atoms with Gasteiger partial charge in [-0.1, -0.05) is 50.2 Å². The molecule has 0 amide bonds. The predicted octanol–water partition coefficient (Wildman–Crippen LogP) is 4.20. The SMILES string of the molecule is CCN(CC)CCOC(=O)CC1c2ccccc2Oc2ccccc21. The summed E-state index contributed by atoms with van der Waals surface area (Å²) in [6.07, 6.45) is 0.329. The van der Waals surface area contributed by atoms with E-state index in [1.165, 1.54) is 0 Å². The molecule has 2 aromatic rings. The van der Waals surface area contributed by atoms with Crippen LogP contribution < -0.4 is 4.74 Å². The molecule has 1 heterocycles. The highest BCUT2D eigenvalue weighted by Gasteiger charge is 2.29. The molecule has 0 radical (unpaired) electrons. The fourth-order valence-corrected chi connectivity index (χ4v) is 3.28. The summed E-state index contributed by atoms with van der Waals surface area (Å²) in [5.41, 5.74) is 2.09. The third-order valence-electron chi connectivity index (χ3n) is 4.74. The normalized spacial score (nSPS) is 13.1. The molecule has 0 bridgehead atoms. The second kappa shape index (κ2) is 8.17. The minimum Gasteiger partial charge on any atom is -0.464 e. The van der Waals surface area contributed by atoms with Crippen molar-refractivity contribution >= 4 is 5.97 Å². The Bertz CT molecular complexity index is 679. The Hall–Kier alpha value is -2.33. The van der Waals surface area contributed by atoms with Crippen LogP contribution in [-0.4, -0.2) is 37.1 Å². The van der Waals surface area contributed by atoms with Crippen LogP contribution in [0.15, 0.2) is 48.5 Å². The van der Waals surface area contributed by atoms with E-state index in [4.69, 9.17) is 9.47 Å². The highest BCUT2D eigenvalue weighted by atomic mass is 16.5. The maximum absolute atomic E-state index is 12.4. The summed E-state index contributed by atoms with van der Waals surface area (Å²) < 4.78 is 11.5. The topological polar surface area (TPSA) is 38.8 Å². The van der Waals surface area contributed by atoms with Crippen molar-refractivity contribution in [2.24, 2.45) is 0 Å². The number of fused-ring (bicyclic) bond motifs is 2. The maximum atomic E-state index is 12.4. The maximum Gasteiger partial charge on any atom is 0.306 e. The molecule has 0 N–H and O–H groups in total. The van der Waals surface area contributed by atoms with Gasteiger partial charge in [-0.3, -0.25) is 4.79 Å². The molecular formula is C21H25NO3. The molecule has 0 aliphatic carbocycles. The summed E-state index contributed by atoms with van der Waals surface area (Å²) in [5.74, 6) is 1.45. The number of carbonyl (C=O) groups is 1. The lowest BCUT2D eigenvalue weighted by Gasteiger charge is -2.27. The lowest BCUT2D eigenvalue weighted by atomic mass is 9.85. The number of nitrogens with zero attached hydrogens (tertiary/aromatic N) is 1. The molecule has 0 aromatic heterocycles. The largest absolute Gasteiger partial charge is 0.464 e. The lowest BCUT2D eigenvalue weighted by Crippen LogP contribution is -2.28. The second-order valence-electron chi connectivity index (χ2n) is 6.18. The summed E-state index contributed by atoms with van der Waals surface area (Å²) in [4.78, 5) is 14.6. The number of hydrogen-bond acceptors (Lipinski definition) is 4. The first-order valence-electron chi connectivity index (χ1n) is 8.96. The van der Waals surface area contributed by atoms with Gasteiger partial charge in [0.2, 0.25) is 0 Å². The second-order valence-corrected chi connectivity index (χ2v) is 6.18. The van der Waals surface area contributed by atoms with Crippen molar-refractivity contribution in [2.45, 2.75) is 26.2 Å². The Morgan fingerprint density at radius 3 is 2.12 bits per heavy atom. The average Bonchev–Trinajstić information content (AvgIpc) is 2.65. The molecule has 0 unspecified atom stereocenters. The van der Waals surface area contributed by atoms with Gasteiger partial charge in [-0.05, 0) is 25.2 Å². The molecular weight excluding hydrogens is 314 g/mol. The Morgan fingerprint density at radius 1 is 1.00 bits per heavy atom. The fraction of sp³-hybridized carbons (Fsp3) is 0.381. The lowest BCUT2D eigenvalue weighted by molar-refractivity contribution is -0.144. The Kier molecular flexibility index (Phi) is 5.71. The highest BCUT2D eigenvalue weighted by Crippen LogP contribution is 2.45. The van der Waals surface area contributed by atoms with Gasteiger partial charge < -0.3 is 14.4 Å². The van der Waals surface area contributed by atoms with Crippen LogP contribution >= 0.6 is 0 Å². The minimum atomic E-state index is -0.163. The zero-order valence-corrected chi connectivity index (χ0v) is 14.9. The van der Waals surface area contributed by atoms with Gasteiger partial charge in [0.05, 0.1) is 6.42 Å². The van der Waals surface area contributed by atoms with Gasteiger partial charge in [0, 0.05) is 23.6 Å². The number of para-hydroxylation sites is 2. The van der Waals surface area contributed by atoms with Crippen molar-refractivity contribution < 1.29 is 14.3 Å². The number of carbonyl (C=O) groups excluding carboxylic acids is 1. The third-order valence-corrected chi connectivity index (χ3v) is 4.74. The van der Waals surface area contributed by atoms with Crippen LogP contribution in [0.4, 0.5) is 0 Å². The van der Waals surface area contributed by atoms with E-state index in [9.17, 15) is 4.79 Å². The molecule has 1 aliphatic heterocycles.